The molecular weight excluding hydrogens is 266 g/mol. The van der Waals surface area contributed by atoms with Gasteiger partial charge in [-0.05, 0) is 45.1 Å². The van der Waals surface area contributed by atoms with Gasteiger partial charge in [0.1, 0.15) is 0 Å². The summed E-state index contributed by atoms with van der Waals surface area (Å²) < 4.78 is 0. The number of rotatable bonds is 5. The molecule has 114 valence electrons. The lowest BCUT2D eigenvalue weighted by molar-refractivity contribution is 0.296. The van der Waals surface area contributed by atoms with Gasteiger partial charge in [-0.25, -0.2) is 4.98 Å². The van der Waals surface area contributed by atoms with Crippen LogP contribution in [0.3, 0.4) is 0 Å². The molecule has 1 aromatic heterocycles. The van der Waals surface area contributed by atoms with Crippen molar-refractivity contribution in [3.8, 4) is 0 Å². The third-order valence-electron chi connectivity index (χ3n) is 4.50. The minimum atomic E-state index is 0.356. The van der Waals surface area contributed by atoms with E-state index in [1.807, 2.05) is 0 Å². The molecular formula is C16H29N3S. The molecule has 0 amide bonds. The van der Waals surface area contributed by atoms with Crippen LogP contribution in [0.15, 0.2) is 5.38 Å². The highest BCUT2D eigenvalue weighted by Crippen LogP contribution is 2.33. The molecule has 4 unspecified atom stereocenters. The minimum Gasteiger partial charge on any atom is -0.345 e. The van der Waals surface area contributed by atoms with Crippen LogP contribution in [0.1, 0.15) is 59.2 Å². The second-order valence-electron chi connectivity index (χ2n) is 6.44. The van der Waals surface area contributed by atoms with Gasteiger partial charge < -0.3 is 10.2 Å². The van der Waals surface area contributed by atoms with Gasteiger partial charge in [0, 0.05) is 24.0 Å². The first-order chi connectivity index (χ1) is 9.52. The molecule has 0 radical (unpaired) electrons. The zero-order valence-electron chi connectivity index (χ0n) is 13.5. The van der Waals surface area contributed by atoms with Gasteiger partial charge in [0.05, 0.1) is 5.69 Å². The predicted octanol–water partition coefficient (Wildman–Crippen LogP) is 4.07. The first-order valence-electron chi connectivity index (χ1n) is 7.98. The van der Waals surface area contributed by atoms with Gasteiger partial charge in [-0.15, -0.1) is 11.3 Å². The average molecular weight is 295 g/mol. The van der Waals surface area contributed by atoms with Crippen molar-refractivity contribution in [3.05, 3.63) is 11.1 Å². The molecule has 0 saturated carbocycles. The Hall–Kier alpha value is -0.610. The first-order valence-corrected chi connectivity index (χ1v) is 8.86. The number of anilines is 1. The summed E-state index contributed by atoms with van der Waals surface area (Å²) in [5.41, 5.74) is 1.19. The van der Waals surface area contributed by atoms with Crippen molar-refractivity contribution in [2.45, 2.75) is 59.5 Å². The zero-order valence-corrected chi connectivity index (χ0v) is 14.3. The van der Waals surface area contributed by atoms with Gasteiger partial charge in [0.2, 0.25) is 0 Å². The number of thiazole rings is 1. The molecule has 4 heteroatoms. The second kappa shape index (κ2) is 6.90. The van der Waals surface area contributed by atoms with Crippen LogP contribution < -0.4 is 10.2 Å². The summed E-state index contributed by atoms with van der Waals surface area (Å²) >= 11 is 1.80. The lowest BCUT2D eigenvalue weighted by Gasteiger charge is -2.41. The summed E-state index contributed by atoms with van der Waals surface area (Å²) in [4.78, 5) is 7.40. The van der Waals surface area contributed by atoms with Gasteiger partial charge >= 0.3 is 0 Å². The normalized spacial score (nSPS) is 28.6. The van der Waals surface area contributed by atoms with E-state index >= 15 is 0 Å². The summed E-state index contributed by atoms with van der Waals surface area (Å²) in [6, 6.07) is 0.957. The maximum atomic E-state index is 4.89. The van der Waals surface area contributed by atoms with E-state index in [1.165, 1.54) is 23.7 Å². The van der Waals surface area contributed by atoms with E-state index in [2.05, 4.69) is 50.2 Å². The lowest BCUT2D eigenvalue weighted by Crippen LogP contribution is -2.45. The fraction of sp³-hybridized carbons (Fsp3) is 0.812. The van der Waals surface area contributed by atoms with Gasteiger partial charge in [-0.1, -0.05) is 20.8 Å². The van der Waals surface area contributed by atoms with Gasteiger partial charge in [0.15, 0.2) is 5.13 Å². The molecule has 20 heavy (non-hydrogen) atoms. The number of hydrogen-bond acceptors (Lipinski definition) is 4. The van der Waals surface area contributed by atoms with Crippen LogP contribution in [0.5, 0.6) is 0 Å². The van der Waals surface area contributed by atoms with E-state index in [4.69, 9.17) is 4.98 Å². The fourth-order valence-corrected chi connectivity index (χ4v) is 4.06. The molecule has 1 aliphatic heterocycles. The maximum Gasteiger partial charge on any atom is 0.185 e. The SMILES string of the molecule is CCCNC(C)c1csc(N2CC(C)CC(C)C2C)n1. The number of nitrogens with zero attached hydrogens (tertiary/aromatic N) is 2. The number of hydrogen-bond donors (Lipinski definition) is 1. The predicted molar refractivity (Wildman–Crippen MR) is 88.6 cm³/mol. The van der Waals surface area contributed by atoms with E-state index < -0.39 is 0 Å². The summed E-state index contributed by atoms with van der Waals surface area (Å²) in [5.74, 6) is 1.52. The number of nitrogens with one attached hydrogen (secondary N) is 1. The standard InChI is InChI=1S/C16H29N3S/c1-6-7-17-13(4)15-10-20-16(18-15)19-9-11(2)8-12(3)14(19)5/h10-14,17H,6-9H2,1-5H3. The van der Waals surface area contributed by atoms with Crippen molar-refractivity contribution in [1.29, 1.82) is 0 Å². The molecule has 0 bridgehead atoms. The van der Waals surface area contributed by atoms with E-state index in [1.54, 1.807) is 11.3 Å². The van der Waals surface area contributed by atoms with Crippen LogP contribution in [0.25, 0.3) is 0 Å². The zero-order chi connectivity index (χ0) is 14.7. The highest BCUT2D eigenvalue weighted by atomic mass is 32.1. The Bertz CT molecular complexity index is 418. The largest absolute Gasteiger partial charge is 0.345 e. The van der Waals surface area contributed by atoms with Gasteiger partial charge in [-0.3, -0.25) is 0 Å². The minimum absolute atomic E-state index is 0.356. The molecule has 2 heterocycles. The second-order valence-corrected chi connectivity index (χ2v) is 7.28. The van der Waals surface area contributed by atoms with E-state index in [0.717, 1.165) is 24.9 Å². The Morgan fingerprint density at radius 3 is 2.90 bits per heavy atom. The Morgan fingerprint density at radius 2 is 2.20 bits per heavy atom. The van der Waals surface area contributed by atoms with E-state index in [9.17, 15) is 0 Å². The first kappa shape index (κ1) is 15.8. The molecule has 3 nitrogen and oxygen atoms in total. The average Bonchev–Trinajstić information content (AvgIpc) is 2.89. The molecule has 1 aliphatic rings. The Morgan fingerprint density at radius 1 is 1.45 bits per heavy atom. The summed E-state index contributed by atoms with van der Waals surface area (Å²) in [5, 5.41) is 6.95. The smallest absolute Gasteiger partial charge is 0.185 e. The topological polar surface area (TPSA) is 28.2 Å². The molecule has 2 rings (SSSR count). The lowest BCUT2D eigenvalue weighted by atomic mass is 9.86. The number of piperidine rings is 1. The molecule has 1 saturated heterocycles. The third kappa shape index (κ3) is 3.53. The van der Waals surface area contributed by atoms with Crippen molar-refractivity contribution in [2.75, 3.05) is 18.0 Å². The highest BCUT2D eigenvalue weighted by molar-refractivity contribution is 7.13. The van der Waals surface area contributed by atoms with Gasteiger partial charge in [0.25, 0.3) is 0 Å². The summed E-state index contributed by atoms with van der Waals surface area (Å²) in [6.07, 6.45) is 2.50. The van der Waals surface area contributed by atoms with Gasteiger partial charge in [-0.2, -0.15) is 0 Å². The molecule has 1 fully saturated rings. The van der Waals surface area contributed by atoms with Crippen molar-refractivity contribution in [1.82, 2.24) is 10.3 Å². The van der Waals surface area contributed by atoms with E-state index in [-0.39, 0.29) is 0 Å². The fourth-order valence-electron chi connectivity index (χ4n) is 3.04. The van der Waals surface area contributed by atoms with Crippen molar-refractivity contribution < 1.29 is 0 Å². The van der Waals surface area contributed by atoms with Crippen LogP contribution in [0.2, 0.25) is 0 Å². The van der Waals surface area contributed by atoms with Crippen LogP contribution in [-0.2, 0) is 0 Å². The van der Waals surface area contributed by atoms with Crippen LogP contribution in [0, 0.1) is 11.8 Å². The number of aromatic nitrogens is 1. The molecule has 1 N–H and O–H groups in total. The highest BCUT2D eigenvalue weighted by Gasteiger charge is 2.30. The van der Waals surface area contributed by atoms with Crippen LogP contribution >= 0.6 is 11.3 Å². The molecule has 0 aromatic carbocycles. The van der Waals surface area contributed by atoms with E-state index in [0.29, 0.717) is 12.1 Å². The third-order valence-corrected chi connectivity index (χ3v) is 5.39. The van der Waals surface area contributed by atoms with Crippen molar-refractivity contribution in [3.63, 3.8) is 0 Å². The summed E-state index contributed by atoms with van der Waals surface area (Å²) in [7, 11) is 0. The van der Waals surface area contributed by atoms with Crippen LogP contribution in [-0.4, -0.2) is 24.1 Å². The van der Waals surface area contributed by atoms with Crippen molar-refractivity contribution >= 4 is 16.5 Å². The van der Waals surface area contributed by atoms with Crippen LogP contribution in [0.4, 0.5) is 5.13 Å². The quantitative estimate of drug-likeness (QED) is 0.887. The molecule has 0 spiro atoms. The Labute approximate surface area is 127 Å². The summed E-state index contributed by atoms with van der Waals surface area (Å²) in [6.45, 7) is 13.7. The Balaban J connectivity index is 2.07. The molecule has 0 aliphatic carbocycles. The Kier molecular flexibility index (Phi) is 5.44. The molecule has 1 aromatic rings. The van der Waals surface area contributed by atoms with Crippen molar-refractivity contribution in [2.24, 2.45) is 11.8 Å². The molecule has 4 atom stereocenters. The monoisotopic (exact) mass is 295 g/mol. The maximum absolute atomic E-state index is 4.89.